The number of benzene rings is 1. The summed E-state index contributed by atoms with van der Waals surface area (Å²) in [5.41, 5.74) is 0.0798. The number of nitrogens with zero attached hydrogens (tertiary/aromatic N) is 3. The van der Waals surface area contributed by atoms with Gasteiger partial charge in [-0.3, -0.25) is 25.0 Å². The monoisotopic (exact) mass is 560 g/mol. The fourth-order valence-corrected chi connectivity index (χ4v) is 5.75. The fraction of sp³-hybridized carbons (Fsp3) is 0.333. The Labute approximate surface area is 224 Å². The summed E-state index contributed by atoms with van der Waals surface area (Å²) in [5.74, 6) is -1.82. The van der Waals surface area contributed by atoms with E-state index >= 15 is 0 Å². The lowest BCUT2D eigenvalue weighted by atomic mass is 10.0. The number of carbonyl (C=O) groups excluding carboxylic acids is 4. The van der Waals surface area contributed by atoms with Crippen LogP contribution in [0.3, 0.4) is 0 Å². The van der Waals surface area contributed by atoms with Crippen molar-refractivity contribution in [2.75, 3.05) is 12.4 Å². The number of halogens is 2. The van der Waals surface area contributed by atoms with Gasteiger partial charge in [-0.25, -0.2) is 19.2 Å². The van der Waals surface area contributed by atoms with Crippen LogP contribution in [0.4, 0.5) is 15.0 Å². The van der Waals surface area contributed by atoms with E-state index in [1.165, 1.54) is 41.5 Å². The van der Waals surface area contributed by atoms with E-state index in [2.05, 4.69) is 25.9 Å². The van der Waals surface area contributed by atoms with Crippen molar-refractivity contribution in [3.8, 4) is 5.75 Å². The lowest BCUT2D eigenvalue weighted by Gasteiger charge is -2.29. The molecular weight excluding hydrogens is 539 g/mol. The van der Waals surface area contributed by atoms with Gasteiger partial charge in [0, 0.05) is 6.42 Å². The van der Waals surface area contributed by atoms with Crippen molar-refractivity contribution in [3.05, 3.63) is 45.3 Å². The van der Waals surface area contributed by atoms with Crippen molar-refractivity contribution < 1.29 is 28.3 Å². The van der Waals surface area contributed by atoms with Gasteiger partial charge in [-0.05, 0) is 38.5 Å². The number of nitrogens with one attached hydrogen (secondary N) is 3. The van der Waals surface area contributed by atoms with Crippen LogP contribution in [0, 0.1) is 5.82 Å². The molecule has 2 aliphatic rings. The summed E-state index contributed by atoms with van der Waals surface area (Å²) in [5, 5.41) is 8.13. The number of methoxy groups -OCH3 is 1. The molecule has 1 aromatic carbocycles. The minimum Gasteiger partial charge on any atom is -0.491 e. The van der Waals surface area contributed by atoms with E-state index in [0.29, 0.717) is 26.5 Å². The molecule has 0 spiro atoms. The zero-order chi connectivity index (χ0) is 27.4. The molecule has 3 aromatic rings. The van der Waals surface area contributed by atoms with Crippen LogP contribution in [0.25, 0.3) is 10.2 Å². The molecule has 5 amide bonds. The maximum Gasteiger partial charge on any atom is 0.321 e. The standard InChI is InChI=1S/C24H22ClFN6O5S/c1-24(2,22-30-18-14(38-22)8-11(25)17(26)19(18)37-3)31-23(36)28-15-6-4-10-12(27-15)9-32(21(10)35)13-5-7-16(33)29-20(13)34/h4,6,8,13H,5,7,9H2,1-3H3,(H,29,33,34)(H2,27,28,31,36). The van der Waals surface area contributed by atoms with Crippen molar-refractivity contribution in [1.29, 1.82) is 0 Å². The number of carbonyl (C=O) groups is 4. The Kier molecular flexibility index (Phi) is 6.43. The molecule has 0 aliphatic carbocycles. The smallest absolute Gasteiger partial charge is 0.321 e. The van der Waals surface area contributed by atoms with Gasteiger partial charge >= 0.3 is 6.03 Å². The second-order valence-corrected chi connectivity index (χ2v) is 10.8. The molecule has 5 rings (SSSR count). The normalized spacial score (nSPS) is 17.4. The number of piperidine rings is 1. The number of amides is 5. The molecular formula is C24H22ClFN6O5S. The first-order chi connectivity index (χ1) is 18.0. The first-order valence-electron chi connectivity index (χ1n) is 11.5. The van der Waals surface area contributed by atoms with Crippen LogP contribution in [0.1, 0.15) is 47.7 Å². The molecule has 2 aromatic heterocycles. The maximum atomic E-state index is 14.3. The molecule has 38 heavy (non-hydrogen) atoms. The van der Waals surface area contributed by atoms with E-state index in [-0.39, 0.29) is 47.8 Å². The van der Waals surface area contributed by atoms with Crippen LogP contribution in [-0.2, 0) is 21.7 Å². The van der Waals surface area contributed by atoms with E-state index < -0.39 is 29.3 Å². The first-order valence-corrected chi connectivity index (χ1v) is 12.7. The molecule has 2 aliphatic heterocycles. The van der Waals surface area contributed by atoms with Gasteiger partial charge in [0.25, 0.3) is 5.91 Å². The predicted molar refractivity (Wildman–Crippen MR) is 137 cm³/mol. The SMILES string of the molecule is COc1c(F)c(Cl)cc2sc(C(C)(C)NC(=O)Nc3ccc4c(n3)CN(C3CCC(=O)NC3=O)C4=O)nc12. The second kappa shape index (κ2) is 9.48. The second-order valence-electron chi connectivity index (χ2n) is 9.37. The van der Waals surface area contributed by atoms with Crippen molar-refractivity contribution >= 4 is 62.7 Å². The predicted octanol–water partition coefficient (Wildman–Crippen LogP) is 3.31. The van der Waals surface area contributed by atoms with Gasteiger partial charge < -0.3 is 15.0 Å². The van der Waals surface area contributed by atoms with E-state index in [0.717, 1.165) is 0 Å². The number of hydrogen-bond acceptors (Lipinski definition) is 8. The number of urea groups is 1. The average Bonchev–Trinajstić information content (AvgIpc) is 3.41. The number of imide groups is 1. The van der Waals surface area contributed by atoms with Gasteiger partial charge in [0.1, 0.15) is 22.4 Å². The number of hydrogen-bond donors (Lipinski definition) is 3. The Morgan fingerprint density at radius 1 is 1.29 bits per heavy atom. The largest absolute Gasteiger partial charge is 0.491 e. The Balaban J connectivity index is 1.30. The number of pyridine rings is 1. The van der Waals surface area contributed by atoms with Crippen molar-refractivity contribution in [3.63, 3.8) is 0 Å². The zero-order valence-corrected chi connectivity index (χ0v) is 22.1. The summed E-state index contributed by atoms with van der Waals surface area (Å²) in [6.45, 7) is 3.55. The minimum atomic E-state index is -0.961. The van der Waals surface area contributed by atoms with Gasteiger partial charge in [0.15, 0.2) is 11.6 Å². The average molecular weight is 561 g/mol. The molecule has 0 radical (unpaired) electrons. The summed E-state index contributed by atoms with van der Waals surface area (Å²) in [7, 11) is 1.32. The van der Waals surface area contributed by atoms with Crippen molar-refractivity contribution in [1.82, 2.24) is 25.5 Å². The Morgan fingerprint density at radius 3 is 2.76 bits per heavy atom. The summed E-state index contributed by atoms with van der Waals surface area (Å²) in [4.78, 5) is 59.6. The molecule has 0 saturated carbocycles. The molecule has 14 heteroatoms. The summed E-state index contributed by atoms with van der Waals surface area (Å²) in [6.07, 6.45) is 0.389. The fourth-order valence-electron chi connectivity index (χ4n) is 4.43. The van der Waals surface area contributed by atoms with Gasteiger partial charge in [0.2, 0.25) is 11.8 Å². The number of thiazole rings is 1. The molecule has 0 bridgehead atoms. The summed E-state index contributed by atoms with van der Waals surface area (Å²) in [6, 6.07) is 3.15. The van der Waals surface area contributed by atoms with E-state index in [4.69, 9.17) is 16.3 Å². The lowest BCUT2D eigenvalue weighted by Crippen LogP contribution is -2.52. The number of aromatic nitrogens is 2. The Bertz CT molecular complexity index is 1530. The number of anilines is 1. The van der Waals surface area contributed by atoms with E-state index in [1.54, 1.807) is 13.8 Å². The molecule has 1 fully saturated rings. The highest BCUT2D eigenvalue weighted by Gasteiger charge is 2.40. The number of fused-ring (bicyclic) bond motifs is 2. The van der Waals surface area contributed by atoms with Gasteiger partial charge in [0.05, 0.1) is 40.2 Å². The van der Waals surface area contributed by atoms with Gasteiger partial charge in [-0.15, -0.1) is 11.3 Å². The van der Waals surface area contributed by atoms with E-state index in [9.17, 15) is 23.6 Å². The highest BCUT2D eigenvalue weighted by molar-refractivity contribution is 7.18. The van der Waals surface area contributed by atoms with Crippen LogP contribution in [0.5, 0.6) is 5.75 Å². The quantitative estimate of drug-likeness (QED) is 0.406. The highest BCUT2D eigenvalue weighted by atomic mass is 35.5. The van der Waals surface area contributed by atoms with Crippen LogP contribution >= 0.6 is 22.9 Å². The molecule has 1 atom stereocenters. The molecule has 3 N–H and O–H groups in total. The summed E-state index contributed by atoms with van der Waals surface area (Å²) >= 11 is 7.20. The summed E-state index contributed by atoms with van der Waals surface area (Å²) < 4.78 is 20.1. The maximum absolute atomic E-state index is 14.3. The first kappa shape index (κ1) is 25.8. The third-order valence-electron chi connectivity index (χ3n) is 6.31. The highest BCUT2D eigenvalue weighted by Crippen LogP contribution is 2.39. The number of rotatable bonds is 5. The van der Waals surface area contributed by atoms with Crippen LogP contribution < -0.4 is 20.7 Å². The molecule has 4 heterocycles. The van der Waals surface area contributed by atoms with Crippen molar-refractivity contribution in [2.24, 2.45) is 0 Å². The Morgan fingerprint density at radius 2 is 2.05 bits per heavy atom. The molecule has 1 saturated heterocycles. The van der Waals surface area contributed by atoms with E-state index in [1.807, 2.05) is 0 Å². The van der Waals surface area contributed by atoms with Crippen LogP contribution in [-0.4, -0.2) is 51.8 Å². The third-order valence-corrected chi connectivity index (χ3v) is 7.91. The van der Waals surface area contributed by atoms with Crippen LogP contribution in [0.15, 0.2) is 18.2 Å². The van der Waals surface area contributed by atoms with Gasteiger partial charge in [-0.2, -0.15) is 0 Å². The molecule has 11 nitrogen and oxygen atoms in total. The zero-order valence-electron chi connectivity index (χ0n) is 20.5. The number of ether oxygens (including phenoxy) is 1. The topological polar surface area (TPSA) is 143 Å². The lowest BCUT2D eigenvalue weighted by molar-refractivity contribution is -0.136. The molecule has 1 unspecified atom stereocenters. The van der Waals surface area contributed by atoms with Crippen LogP contribution in [0.2, 0.25) is 5.02 Å². The van der Waals surface area contributed by atoms with Crippen molar-refractivity contribution in [2.45, 2.75) is 44.8 Å². The third kappa shape index (κ3) is 4.52. The molecule has 198 valence electrons. The Hall–Kier alpha value is -3.84. The minimum absolute atomic E-state index is 0.0708. The van der Waals surface area contributed by atoms with Gasteiger partial charge in [-0.1, -0.05) is 11.6 Å².